The number of nitrogens with one attached hydrogen (secondary N) is 1. The van der Waals surface area contributed by atoms with Crippen molar-refractivity contribution in [3.63, 3.8) is 0 Å². The van der Waals surface area contributed by atoms with Gasteiger partial charge in [-0.2, -0.15) is 0 Å². The summed E-state index contributed by atoms with van der Waals surface area (Å²) < 4.78 is 27.0. The zero-order valence-electron chi connectivity index (χ0n) is 10.2. The van der Waals surface area contributed by atoms with Crippen molar-refractivity contribution in [1.82, 2.24) is 4.72 Å². The summed E-state index contributed by atoms with van der Waals surface area (Å²) in [6.45, 7) is 1.84. The second-order valence-electron chi connectivity index (χ2n) is 3.97. The first-order valence-electron chi connectivity index (χ1n) is 5.52. The van der Waals surface area contributed by atoms with E-state index < -0.39 is 10.0 Å². The molecule has 0 fully saturated rings. The number of hydrogen-bond donors (Lipinski definition) is 2. The lowest BCUT2D eigenvalue weighted by atomic mass is 10.2. The Bertz CT molecular complexity index is 576. The summed E-state index contributed by atoms with van der Waals surface area (Å²) in [4.78, 5) is 0.204. The fourth-order valence-corrected chi connectivity index (χ4v) is 3.76. The Morgan fingerprint density at radius 1 is 1.47 bits per heavy atom. The second kappa shape index (κ2) is 6.85. The standard InChI is InChI=1S/C11H14Cl2N2O2S2/c1-2-8(6-11(14)18)15-19(16,17)10-5-7(12)3-4-9(10)13/h3-5,8,15H,2,6H2,1H3,(H2,14,18). The second-order valence-corrected chi connectivity index (χ2v) is 7.02. The van der Waals surface area contributed by atoms with Gasteiger partial charge in [-0.05, 0) is 24.6 Å². The Balaban J connectivity index is 3.03. The SMILES string of the molecule is CCC(CC(N)=S)NS(=O)(=O)c1cc(Cl)ccc1Cl. The zero-order valence-corrected chi connectivity index (χ0v) is 13.3. The van der Waals surface area contributed by atoms with E-state index in [0.717, 1.165) is 0 Å². The van der Waals surface area contributed by atoms with Crippen molar-refractivity contribution < 1.29 is 8.42 Å². The third kappa shape index (κ3) is 4.89. The first-order chi connectivity index (χ1) is 8.76. The van der Waals surface area contributed by atoms with Gasteiger partial charge in [-0.15, -0.1) is 0 Å². The van der Waals surface area contributed by atoms with Gasteiger partial charge < -0.3 is 5.73 Å². The van der Waals surface area contributed by atoms with E-state index in [1.54, 1.807) is 0 Å². The van der Waals surface area contributed by atoms with E-state index in [4.69, 9.17) is 41.2 Å². The number of halogens is 2. The van der Waals surface area contributed by atoms with Gasteiger partial charge in [0.15, 0.2) is 0 Å². The van der Waals surface area contributed by atoms with Crippen molar-refractivity contribution in [2.75, 3.05) is 0 Å². The molecule has 1 unspecified atom stereocenters. The maximum absolute atomic E-state index is 12.2. The van der Waals surface area contributed by atoms with Crippen molar-refractivity contribution in [2.24, 2.45) is 5.73 Å². The first kappa shape index (κ1) is 16.7. The average molecular weight is 341 g/mol. The van der Waals surface area contributed by atoms with Gasteiger partial charge in [0.1, 0.15) is 4.90 Å². The Morgan fingerprint density at radius 2 is 2.11 bits per heavy atom. The molecule has 0 saturated heterocycles. The molecular weight excluding hydrogens is 327 g/mol. The van der Waals surface area contributed by atoms with E-state index in [1.807, 2.05) is 6.92 Å². The number of sulfonamides is 1. The van der Waals surface area contributed by atoms with E-state index in [-0.39, 0.29) is 20.9 Å². The molecule has 0 spiro atoms. The molecule has 0 aliphatic heterocycles. The Hall–Kier alpha value is -0.400. The van der Waals surface area contributed by atoms with Crippen LogP contribution < -0.4 is 10.5 Å². The van der Waals surface area contributed by atoms with Crippen LogP contribution in [0.4, 0.5) is 0 Å². The minimum absolute atomic E-state index is 0.0527. The smallest absolute Gasteiger partial charge is 0.242 e. The molecule has 0 saturated carbocycles. The molecule has 0 aromatic heterocycles. The zero-order chi connectivity index (χ0) is 14.6. The molecule has 1 rings (SSSR count). The van der Waals surface area contributed by atoms with Gasteiger partial charge in [0.25, 0.3) is 0 Å². The fourth-order valence-electron chi connectivity index (χ4n) is 1.48. The van der Waals surface area contributed by atoms with Crippen LogP contribution in [-0.4, -0.2) is 19.4 Å². The van der Waals surface area contributed by atoms with Gasteiger partial charge >= 0.3 is 0 Å². The van der Waals surface area contributed by atoms with Crippen LogP contribution in [-0.2, 0) is 10.0 Å². The highest BCUT2D eigenvalue weighted by molar-refractivity contribution is 7.89. The predicted octanol–water partition coefficient (Wildman–Crippen LogP) is 2.73. The van der Waals surface area contributed by atoms with Crippen LogP contribution in [0.3, 0.4) is 0 Å². The van der Waals surface area contributed by atoms with Crippen molar-refractivity contribution >= 4 is 50.4 Å². The Morgan fingerprint density at radius 3 is 2.63 bits per heavy atom. The van der Waals surface area contributed by atoms with Crippen molar-refractivity contribution in [2.45, 2.75) is 30.7 Å². The van der Waals surface area contributed by atoms with Crippen LogP contribution in [0.25, 0.3) is 0 Å². The summed E-state index contributed by atoms with van der Waals surface area (Å²) in [6.07, 6.45) is 0.859. The molecule has 0 aliphatic carbocycles. The topological polar surface area (TPSA) is 72.2 Å². The van der Waals surface area contributed by atoms with Crippen molar-refractivity contribution in [1.29, 1.82) is 0 Å². The molecule has 0 aliphatic rings. The van der Waals surface area contributed by atoms with Gasteiger partial charge in [-0.25, -0.2) is 13.1 Å². The molecule has 19 heavy (non-hydrogen) atoms. The highest BCUT2D eigenvalue weighted by Crippen LogP contribution is 2.25. The summed E-state index contributed by atoms with van der Waals surface area (Å²) in [7, 11) is -3.75. The third-order valence-corrected chi connectivity index (χ3v) is 4.85. The number of hydrogen-bond acceptors (Lipinski definition) is 3. The Labute approximate surface area is 128 Å². The summed E-state index contributed by atoms with van der Waals surface area (Å²) >= 11 is 16.5. The summed E-state index contributed by atoms with van der Waals surface area (Å²) in [5, 5.41) is 0.411. The van der Waals surface area contributed by atoms with Gasteiger partial charge in [0.2, 0.25) is 10.0 Å². The van der Waals surface area contributed by atoms with Gasteiger partial charge in [-0.1, -0.05) is 42.3 Å². The number of thiocarbonyl (C=S) groups is 1. The number of nitrogens with two attached hydrogens (primary N) is 1. The van der Waals surface area contributed by atoms with E-state index in [2.05, 4.69) is 4.72 Å². The molecule has 0 heterocycles. The molecule has 0 radical (unpaired) electrons. The van der Waals surface area contributed by atoms with Crippen LogP contribution in [0, 0.1) is 0 Å². The van der Waals surface area contributed by atoms with Crippen LogP contribution in [0.15, 0.2) is 23.1 Å². The molecular formula is C11H14Cl2N2O2S2. The van der Waals surface area contributed by atoms with E-state index in [0.29, 0.717) is 17.9 Å². The number of rotatable bonds is 6. The van der Waals surface area contributed by atoms with Gasteiger partial charge in [0, 0.05) is 17.5 Å². The Kier molecular flexibility index (Phi) is 6.01. The normalized spacial score (nSPS) is 13.2. The lowest BCUT2D eigenvalue weighted by Crippen LogP contribution is -2.37. The number of benzene rings is 1. The summed E-state index contributed by atoms with van der Waals surface area (Å²) in [6, 6.07) is 3.90. The summed E-state index contributed by atoms with van der Waals surface area (Å²) in [5.41, 5.74) is 5.43. The van der Waals surface area contributed by atoms with Crippen LogP contribution in [0.2, 0.25) is 10.0 Å². The molecule has 1 aromatic rings. The molecule has 0 amide bonds. The maximum Gasteiger partial charge on any atom is 0.242 e. The van der Waals surface area contributed by atoms with Crippen molar-refractivity contribution in [3.05, 3.63) is 28.2 Å². The molecule has 3 N–H and O–H groups in total. The minimum Gasteiger partial charge on any atom is -0.393 e. The van der Waals surface area contributed by atoms with Crippen LogP contribution >= 0.6 is 35.4 Å². The average Bonchev–Trinajstić information content (AvgIpc) is 2.30. The third-order valence-electron chi connectivity index (χ3n) is 2.44. The molecule has 8 heteroatoms. The molecule has 1 atom stereocenters. The highest BCUT2D eigenvalue weighted by atomic mass is 35.5. The quantitative estimate of drug-likeness (QED) is 0.781. The predicted molar refractivity (Wildman–Crippen MR) is 82.3 cm³/mol. The lowest BCUT2D eigenvalue weighted by Gasteiger charge is -2.17. The monoisotopic (exact) mass is 340 g/mol. The minimum atomic E-state index is -3.75. The van der Waals surface area contributed by atoms with E-state index >= 15 is 0 Å². The highest BCUT2D eigenvalue weighted by Gasteiger charge is 2.22. The van der Waals surface area contributed by atoms with Crippen molar-refractivity contribution in [3.8, 4) is 0 Å². The molecule has 1 aromatic carbocycles. The van der Waals surface area contributed by atoms with Gasteiger partial charge in [0.05, 0.1) is 10.0 Å². The fraction of sp³-hybridized carbons (Fsp3) is 0.364. The maximum atomic E-state index is 12.2. The molecule has 4 nitrogen and oxygen atoms in total. The van der Waals surface area contributed by atoms with Crippen LogP contribution in [0.1, 0.15) is 19.8 Å². The van der Waals surface area contributed by atoms with E-state index in [9.17, 15) is 8.42 Å². The first-order valence-corrected chi connectivity index (χ1v) is 8.16. The summed E-state index contributed by atoms with van der Waals surface area (Å²) in [5.74, 6) is 0. The largest absolute Gasteiger partial charge is 0.393 e. The van der Waals surface area contributed by atoms with Gasteiger partial charge in [-0.3, -0.25) is 0 Å². The van der Waals surface area contributed by atoms with E-state index in [1.165, 1.54) is 18.2 Å². The molecule has 106 valence electrons. The van der Waals surface area contributed by atoms with Crippen LogP contribution in [0.5, 0.6) is 0 Å². The lowest BCUT2D eigenvalue weighted by molar-refractivity contribution is 0.546. The molecule has 0 bridgehead atoms.